The average molecular weight is 172 g/mol. The zero-order valence-corrected chi connectivity index (χ0v) is 7.16. The van der Waals surface area contributed by atoms with Crippen LogP contribution in [0.25, 0.3) is 0 Å². The smallest absolute Gasteiger partial charge is 0.332 e. The molecule has 1 aliphatic rings. The maximum atomic E-state index is 11.2. The summed E-state index contributed by atoms with van der Waals surface area (Å²) in [6, 6.07) is -0.774. The first-order valence-electron chi connectivity index (χ1n) is 3.72. The Kier molecular flexibility index (Phi) is 2.65. The molecule has 0 spiro atoms. The minimum atomic E-state index is -0.774. The summed E-state index contributed by atoms with van der Waals surface area (Å²) in [7, 11) is 3.00. The number of hydrogen-bond donors (Lipinski definition) is 1. The van der Waals surface area contributed by atoms with Gasteiger partial charge in [0, 0.05) is 13.1 Å². The molecule has 0 aromatic rings. The van der Waals surface area contributed by atoms with Crippen LogP contribution in [-0.2, 0) is 14.3 Å². The molecule has 0 aromatic carbocycles. The van der Waals surface area contributed by atoms with Gasteiger partial charge in [0.05, 0.1) is 7.11 Å². The third kappa shape index (κ3) is 1.55. The molecule has 1 unspecified atom stereocenters. The van der Waals surface area contributed by atoms with Gasteiger partial charge in [0.2, 0.25) is 5.91 Å². The van der Waals surface area contributed by atoms with E-state index in [1.807, 2.05) is 0 Å². The van der Waals surface area contributed by atoms with Gasteiger partial charge in [0.15, 0.2) is 6.04 Å². The molecule has 0 radical (unpaired) electrons. The summed E-state index contributed by atoms with van der Waals surface area (Å²) in [6.45, 7) is 1.26. The van der Waals surface area contributed by atoms with Crippen molar-refractivity contribution in [2.24, 2.45) is 0 Å². The van der Waals surface area contributed by atoms with Crippen molar-refractivity contribution in [3.05, 3.63) is 0 Å². The predicted octanol–water partition coefficient (Wildman–Crippen LogP) is -1.41. The van der Waals surface area contributed by atoms with Crippen LogP contribution in [0, 0.1) is 0 Å². The molecule has 1 saturated heterocycles. The molecular weight excluding hydrogens is 160 g/mol. The van der Waals surface area contributed by atoms with Gasteiger partial charge < -0.3 is 10.1 Å². The number of likely N-dealkylation sites (N-methyl/N-ethyl adjacent to an activating group) is 1. The molecule has 1 atom stereocenters. The van der Waals surface area contributed by atoms with Crippen LogP contribution in [0.3, 0.4) is 0 Å². The highest BCUT2D eigenvalue weighted by Crippen LogP contribution is 2.02. The second-order valence-electron chi connectivity index (χ2n) is 2.70. The Morgan fingerprint density at radius 3 is 2.92 bits per heavy atom. The van der Waals surface area contributed by atoms with E-state index in [-0.39, 0.29) is 5.91 Å². The van der Waals surface area contributed by atoms with E-state index in [1.165, 1.54) is 7.11 Å². The summed E-state index contributed by atoms with van der Waals surface area (Å²) in [5.74, 6) is -0.787. The number of esters is 1. The summed E-state index contributed by atoms with van der Waals surface area (Å²) in [4.78, 5) is 23.9. The molecule has 0 aliphatic carbocycles. The van der Waals surface area contributed by atoms with Crippen LogP contribution in [0.15, 0.2) is 0 Å². The van der Waals surface area contributed by atoms with E-state index in [1.54, 1.807) is 11.9 Å². The van der Waals surface area contributed by atoms with Gasteiger partial charge in [-0.25, -0.2) is 4.79 Å². The highest BCUT2D eigenvalue weighted by atomic mass is 16.5. The minimum absolute atomic E-state index is 0.282. The van der Waals surface area contributed by atoms with Crippen molar-refractivity contribution in [1.82, 2.24) is 10.2 Å². The highest BCUT2D eigenvalue weighted by Gasteiger charge is 2.34. The predicted molar refractivity (Wildman–Crippen MR) is 41.4 cm³/mol. The fourth-order valence-electron chi connectivity index (χ4n) is 1.18. The fourth-order valence-corrected chi connectivity index (χ4v) is 1.18. The van der Waals surface area contributed by atoms with Crippen molar-refractivity contribution < 1.29 is 14.3 Å². The number of piperazine rings is 1. The van der Waals surface area contributed by atoms with Gasteiger partial charge in [-0.15, -0.1) is 0 Å². The number of carbonyl (C=O) groups is 2. The molecule has 5 heteroatoms. The van der Waals surface area contributed by atoms with Crippen molar-refractivity contribution in [2.45, 2.75) is 6.04 Å². The van der Waals surface area contributed by atoms with Gasteiger partial charge in [0.25, 0.3) is 0 Å². The molecule has 0 aromatic heterocycles. The Morgan fingerprint density at radius 1 is 1.75 bits per heavy atom. The SMILES string of the molecule is COC(=O)C1C(=O)NCCN1C. The zero-order chi connectivity index (χ0) is 9.14. The quantitative estimate of drug-likeness (QED) is 0.390. The largest absolute Gasteiger partial charge is 0.467 e. The molecule has 1 fully saturated rings. The number of carbonyl (C=O) groups excluding carboxylic acids is 2. The molecule has 1 amide bonds. The third-order valence-corrected chi connectivity index (χ3v) is 1.88. The molecule has 68 valence electrons. The fraction of sp³-hybridized carbons (Fsp3) is 0.714. The van der Waals surface area contributed by atoms with Crippen molar-refractivity contribution in [2.75, 3.05) is 27.2 Å². The van der Waals surface area contributed by atoms with E-state index in [4.69, 9.17) is 0 Å². The van der Waals surface area contributed by atoms with E-state index >= 15 is 0 Å². The molecule has 1 rings (SSSR count). The summed E-state index contributed by atoms with van der Waals surface area (Å²) < 4.78 is 4.49. The second-order valence-corrected chi connectivity index (χ2v) is 2.70. The van der Waals surface area contributed by atoms with Gasteiger partial charge in [-0.2, -0.15) is 0 Å². The number of amides is 1. The van der Waals surface area contributed by atoms with E-state index in [0.717, 1.165) is 0 Å². The summed E-state index contributed by atoms with van der Waals surface area (Å²) in [6.07, 6.45) is 0. The van der Waals surface area contributed by atoms with E-state index in [2.05, 4.69) is 10.1 Å². The van der Waals surface area contributed by atoms with Crippen LogP contribution >= 0.6 is 0 Å². The Morgan fingerprint density at radius 2 is 2.42 bits per heavy atom. The van der Waals surface area contributed by atoms with Crippen LogP contribution in [0.2, 0.25) is 0 Å². The number of rotatable bonds is 1. The Labute approximate surface area is 70.7 Å². The Bertz CT molecular complexity index is 197. The van der Waals surface area contributed by atoms with Crippen molar-refractivity contribution in [3.8, 4) is 0 Å². The number of nitrogens with one attached hydrogen (secondary N) is 1. The number of hydrogen-bond acceptors (Lipinski definition) is 4. The number of nitrogens with zero attached hydrogens (tertiary/aromatic N) is 1. The lowest BCUT2D eigenvalue weighted by Gasteiger charge is -2.29. The average Bonchev–Trinajstić information content (AvgIpc) is 2.03. The van der Waals surface area contributed by atoms with Gasteiger partial charge in [-0.1, -0.05) is 0 Å². The van der Waals surface area contributed by atoms with E-state index in [9.17, 15) is 9.59 Å². The third-order valence-electron chi connectivity index (χ3n) is 1.88. The second kappa shape index (κ2) is 3.53. The Hall–Kier alpha value is -1.10. The monoisotopic (exact) mass is 172 g/mol. The lowest BCUT2D eigenvalue weighted by molar-refractivity contribution is -0.152. The topological polar surface area (TPSA) is 58.6 Å². The van der Waals surface area contributed by atoms with Gasteiger partial charge in [0.1, 0.15) is 0 Å². The lowest BCUT2D eigenvalue weighted by atomic mass is 10.2. The minimum Gasteiger partial charge on any atom is -0.467 e. The van der Waals surface area contributed by atoms with Crippen molar-refractivity contribution >= 4 is 11.9 Å². The van der Waals surface area contributed by atoms with Crippen LogP contribution in [0.5, 0.6) is 0 Å². The van der Waals surface area contributed by atoms with E-state index in [0.29, 0.717) is 13.1 Å². The van der Waals surface area contributed by atoms with Crippen LogP contribution in [0.1, 0.15) is 0 Å². The first-order chi connectivity index (χ1) is 5.66. The van der Waals surface area contributed by atoms with Gasteiger partial charge >= 0.3 is 5.97 Å². The van der Waals surface area contributed by atoms with Crippen LogP contribution in [0.4, 0.5) is 0 Å². The molecule has 5 nitrogen and oxygen atoms in total. The maximum Gasteiger partial charge on any atom is 0.332 e. The zero-order valence-electron chi connectivity index (χ0n) is 7.16. The molecule has 1 aliphatic heterocycles. The van der Waals surface area contributed by atoms with E-state index < -0.39 is 12.0 Å². The number of ether oxygens (including phenoxy) is 1. The highest BCUT2D eigenvalue weighted by molar-refractivity contribution is 6.02. The summed E-state index contributed by atoms with van der Waals surface area (Å²) in [5, 5.41) is 2.60. The number of methoxy groups -OCH3 is 1. The summed E-state index contributed by atoms with van der Waals surface area (Å²) >= 11 is 0. The molecule has 12 heavy (non-hydrogen) atoms. The first-order valence-corrected chi connectivity index (χ1v) is 3.72. The van der Waals surface area contributed by atoms with Crippen molar-refractivity contribution in [3.63, 3.8) is 0 Å². The molecule has 0 bridgehead atoms. The summed E-state index contributed by atoms with van der Waals surface area (Å²) in [5.41, 5.74) is 0. The molecule has 0 saturated carbocycles. The Balaban J connectivity index is 2.69. The maximum absolute atomic E-state index is 11.2. The standard InChI is InChI=1S/C7H12N2O3/c1-9-4-3-8-6(10)5(9)7(11)12-2/h5H,3-4H2,1-2H3,(H,8,10). The van der Waals surface area contributed by atoms with Gasteiger partial charge in [-0.05, 0) is 7.05 Å². The van der Waals surface area contributed by atoms with Crippen molar-refractivity contribution in [1.29, 1.82) is 0 Å². The van der Waals surface area contributed by atoms with Crippen LogP contribution in [-0.4, -0.2) is 50.1 Å². The van der Waals surface area contributed by atoms with Gasteiger partial charge in [-0.3, -0.25) is 9.69 Å². The molecule has 1 N–H and O–H groups in total. The first kappa shape index (κ1) is 8.99. The lowest BCUT2D eigenvalue weighted by Crippen LogP contribution is -2.57. The molecule has 1 heterocycles. The van der Waals surface area contributed by atoms with Crippen LogP contribution < -0.4 is 5.32 Å². The molecular formula is C7H12N2O3. The normalized spacial score (nSPS) is 24.8.